The maximum atomic E-state index is 12.4. The number of aromatic nitrogens is 2. The molecule has 0 spiro atoms. The van der Waals surface area contributed by atoms with Crippen molar-refractivity contribution in [3.05, 3.63) is 68.5 Å². The Kier molecular flexibility index (Phi) is 3.70. The predicted octanol–water partition coefficient (Wildman–Crippen LogP) is 1.36. The maximum absolute atomic E-state index is 12.4. The van der Waals surface area contributed by atoms with Gasteiger partial charge in [-0.15, -0.1) is 0 Å². The van der Waals surface area contributed by atoms with Gasteiger partial charge in [0.2, 0.25) is 0 Å². The van der Waals surface area contributed by atoms with Gasteiger partial charge in [-0.25, -0.2) is 4.79 Å². The van der Waals surface area contributed by atoms with Crippen LogP contribution in [0.25, 0.3) is 0 Å². The lowest BCUT2D eigenvalue weighted by Crippen LogP contribution is -2.44. The van der Waals surface area contributed by atoms with Crippen molar-refractivity contribution in [1.82, 2.24) is 9.13 Å². The molecule has 0 aliphatic carbocycles. The summed E-state index contributed by atoms with van der Waals surface area (Å²) in [6.07, 6.45) is 1.49. The average molecular weight is 272 g/mol. The first-order valence-electron chi connectivity index (χ1n) is 6.35. The normalized spacial score (nSPS) is 10.8. The van der Waals surface area contributed by atoms with Crippen LogP contribution in [0.5, 0.6) is 0 Å². The fraction of sp³-hybridized carbons (Fsp3) is 0.267. The van der Waals surface area contributed by atoms with Gasteiger partial charge in [0, 0.05) is 24.4 Å². The van der Waals surface area contributed by atoms with Gasteiger partial charge in [0.25, 0.3) is 11.5 Å². The number of benzene rings is 1. The molecule has 0 unspecified atom stereocenters. The van der Waals surface area contributed by atoms with Crippen molar-refractivity contribution in [3.63, 3.8) is 0 Å². The maximum Gasteiger partial charge on any atom is 0.337 e. The summed E-state index contributed by atoms with van der Waals surface area (Å²) in [6.45, 7) is 3.69. The van der Waals surface area contributed by atoms with Crippen LogP contribution >= 0.6 is 0 Å². The molecule has 0 radical (unpaired) electrons. The average Bonchev–Trinajstić information content (AvgIpc) is 2.43. The standard InChI is InChI=1S/C15H16N2O3/c1-10(2)12-9-16(3)15(20)17(14(12)19)13(18)11-7-5-4-6-8-11/h4-10H,1-3H3. The number of carbonyl (C=O) groups excluding carboxylic acids is 1. The van der Waals surface area contributed by atoms with Gasteiger partial charge in [-0.1, -0.05) is 32.0 Å². The number of hydrogen-bond donors (Lipinski definition) is 0. The molecule has 5 nitrogen and oxygen atoms in total. The van der Waals surface area contributed by atoms with Crippen LogP contribution in [-0.2, 0) is 7.05 Å². The lowest BCUT2D eigenvalue weighted by molar-refractivity contribution is 0.0948. The number of hydrogen-bond acceptors (Lipinski definition) is 3. The van der Waals surface area contributed by atoms with E-state index in [2.05, 4.69) is 0 Å². The molecule has 0 fully saturated rings. The highest BCUT2D eigenvalue weighted by molar-refractivity contribution is 5.95. The highest BCUT2D eigenvalue weighted by Crippen LogP contribution is 2.07. The summed E-state index contributed by atoms with van der Waals surface area (Å²) in [7, 11) is 1.53. The molecular formula is C15H16N2O3. The van der Waals surface area contributed by atoms with Crippen LogP contribution in [0, 0.1) is 0 Å². The van der Waals surface area contributed by atoms with Crippen LogP contribution in [0.15, 0.2) is 46.1 Å². The van der Waals surface area contributed by atoms with Crippen LogP contribution in [-0.4, -0.2) is 15.0 Å². The highest BCUT2D eigenvalue weighted by atomic mass is 16.2. The first-order valence-corrected chi connectivity index (χ1v) is 6.35. The van der Waals surface area contributed by atoms with Gasteiger partial charge < -0.3 is 4.57 Å². The molecule has 1 aromatic heterocycles. The highest BCUT2D eigenvalue weighted by Gasteiger charge is 2.18. The van der Waals surface area contributed by atoms with Crippen molar-refractivity contribution in [3.8, 4) is 0 Å². The van der Waals surface area contributed by atoms with Gasteiger partial charge in [-0.05, 0) is 18.1 Å². The van der Waals surface area contributed by atoms with Crippen LogP contribution in [0.3, 0.4) is 0 Å². The summed E-state index contributed by atoms with van der Waals surface area (Å²) in [5.74, 6) is -0.664. The Hall–Kier alpha value is -2.43. The summed E-state index contributed by atoms with van der Waals surface area (Å²) in [5, 5.41) is 0. The van der Waals surface area contributed by atoms with E-state index in [1.54, 1.807) is 30.3 Å². The Morgan fingerprint density at radius 3 is 2.25 bits per heavy atom. The predicted molar refractivity (Wildman–Crippen MR) is 76.2 cm³/mol. The molecule has 0 aliphatic rings. The molecule has 0 amide bonds. The first kappa shape index (κ1) is 14.0. The SMILES string of the molecule is CC(C)c1cn(C)c(=O)n(C(=O)c2ccccc2)c1=O. The molecule has 0 N–H and O–H groups in total. The Morgan fingerprint density at radius 1 is 1.10 bits per heavy atom. The molecule has 0 saturated carbocycles. The van der Waals surface area contributed by atoms with E-state index in [4.69, 9.17) is 0 Å². The van der Waals surface area contributed by atoms with Gasteiger partial charge in [-0.2, -0.15) is 4.57 Å². The molecule has 20 heavy (non-hydrogen) atoms. The molecule has 0 atom stereocenters. The van der Waals surface area contributed by atoms with E-state index in [-0.39, 0.29) is 5.92 Å². The number of aryl methyl sites for hydroxylation is 1. The second-order valence-electron chi connectivity index (χ2n) is 4.94. The van der Waals surface area contributed by atoms with Gasteiger partial charge in [0.1, 0.15) is 0 Å². The molecule has 2 rings (SSSR count). The molecule has 5 heteroatoms. The van der Waals surface area contributed by atoms with E-state index >= 15 is 0 Å². The zero-order valence-corrected chi connectivity index (χ0v) is 11.7. The van der Waals surface area contributed by atoms with Crippen LogP contribution in [0.1, 0.15) is 35.7 Å². The Balaban J connectivity index is 2.72. The van der Waals surface area contributed by atoms with Crippen LogP contribution in [0.2, 0.25) is 0 Å². The van der Waals surface area contributed by atoms with E-state index in [1.165, 1.54) is 17.8 Å². The minimum Gasteiger partial charge on any atom is -0.303 e. The molecule has 0 aliphatic heterocycles. The minimum atomic E-state index is -0.631. The molecule has 2 aromatic rings. The Labute approximate surface area is 116 Å². The molecular weight excluding hydrogens is 256 g/mol. The summed E-state index contributed by atoms with van der Waals surface area (Å²) in [4.78, 5) is 36.8. The summed E-state index contributed by atoms with van der Waals surface area (Å²) in [5.41, 5.74) is -0.422. The van der Waals surface area contributed by atoms with E-state index in [9.17, 15) is 14.4 Å². The monoisotopic (exact) mass is 272 g/mol. The number of nitrogens with zero attached hydrogens (tertiary/aromatic N) is 2. The fourth-order valence-electron chi connectivity index (χ4n) is 1.98. The topological polar surface area (TPSA) is 61.1 Å². The van der Waals surface area contributed by atoms with Crippen molar-refractivity contribution in [2.75, 3.05) is 0 Å². The third kappa shape index (κ3) is 2.34. The fourth-order valence-corrected chi connectivity index (χ4v) is 1.98. The smallest absolute Gasteiger partial charge is 0.303 e. The second kappa shape index (κ2) is 5.28. The van der Waals surface area contributed by atoms with Crippen LogP contribution < -0.4 is 11.2 Å². The Bertz CT molecular complexity index is 755. The molecule has 1 aromatic carbocycles. The van der Waals surface area contributed by atoms with E-state index in [0.717, 1.165) is 0 Å². The third-order valence-corrected chi connectivity index (χ3v) is 3.12. The lowest BCUT2D eigenvalue weighted by Gasteiger charge is -2.11. The third-order valence-electron chi connectivity index (χ3n) is 3.12. The van der Waals surface area contributed by atoms with Crippen molar-refractivity contribution in [1.29, 1.82) is 0 Å². The summed E-state index contributed by atoms with van der Waals surface area (Å²) in [6, 6.07) is 8.30. The summed E-state index contributed by atoms with van der Waals surface area (Å²) < 4.78 is 1.96. The second-order valence-corrected chi connectivity index (χ2v) is 4.94. The number of carbonyl (C=O) groups is 1. The first-order chi connectivity index (χ1) is 9.43. The van der Waals surface area contributed by atoms with Crippen molar-refractivity contribution in [2.24, 2.45) is 7.05 Å². The van der Waals surface area contributed by atoms with Gasteiger partial charge >= 0.3 is 5.69 Å². The van der Waals surface area contributed by atoms with Crippen LogP contribution in [0.4, 0.5) is 0 Å². The van der Waals surface area contributed by atoms with Crippen molar-refractivity contribution < 1.29 is 4.79 Å². The molecule has 0 bridgehead atoms. The molecule has 0 saturated heterocycles. The largest absolute Gasteiger partial charge is 0.337 e. The molecule has 104 valence electrons. The van der Waals surface area contributed by atoms with E-state index in [0.29, 0.717) is 15.7 Å². The van der Waals surface area contributed by atoms with E-state index in [1.807, 2.05) is 13.8 Å². The van der Waals surface area contributed by atoms with Gasteiger partial charge in [0.15, 0.2) is 0 Å². The van der Waals surface area contributed by atoms with Gasteiger partial charge in [0.05, 0.1) is 0 Å². The van der Waals surface area contributed by atoms with E-state index < -0.39 is 17.2 Å². The zero-order chi connectivity index (χ0) is 14.9. The van der Waals surface area contributed by atoms with Crippen molar-refractivity contribution in [2.45, 2.75) is 19.8 Å². The lowest BCUT2D eigenvalue weighted by atomic mass is 10.1. The quantitative estimate of drug-likeness (QED) is 0.829. The summed E-state index contributed by atoms with van der Waals surface area (Å²) >= 11 is 0. The van der Waals surface area contributed by atoms with Crippen molar-refractivity contribution >= 4 is 5.91 Å². The van der Waals surface area contributed by atoms with Gasteiger partial charge in [-0.3, -0.25) is 9.59 Å². The minimum absolute atomic E-state index is 0.0656. The zero-order valence-electron chi connectivity index (χ0n) is 11.7. The number of rotatable bonds is 2. The Morgan fingerprint density at radius 2 is 1.70 bits per heavy atom. The molecule has 1 heterocycles.